The second-order valence-corrected chi connectivity index (χ2v) is 7.03. The fourth-order valence-corrected chi connectivity index (χ4v) is 3.37. The molecule has 1 fully saturated rings. The molecule has 2 N–H and O–H groups in total. The lowest BCUT2D eigenvalue weighted by Crippen LogP contribution is -2.28. The van der Waals surface area contributed by atoms with Crippen LogP contribution in [0.25, 0.3) is 0 Å². The lowest BCUT2D eigenvalue weighted by Gasteiger charge is -2.18. The molecule has 1 aliphatic rings. The Bertz CT molecular complexity index is 870. The van der Waals surface area contributed by atoms with Crippen molar-refractivity contribution in [2.75, 3.05) is 23.3 Å². The minimum Gasteiger partial charge on any atom is -0.355 e. The van der Waals surface area contributed by atoms with E-state index in [4.69, 9.17) is 11.6 Å². The summed E-state index contributed by atoms with van der Waals surface area (Å²) in [4.78, 5) is 37.5. The quantitative estimate of drug-likeness (QED) is 0.750. The van der Waals surface area contributed by atoms with E-state index in [9.17, 15) is 14.4 Å². The van der Waals surface area contributed by atoms with Gasteiger partial charge >= 0.3 is 0 Å². The summed E-state index contributed by atoms with van der Waals surface area (Å²) in [5, 5.41) is 5.92. The summed E-state index contributed by atoms with van der Waals surface area (Å²) < 4.78 is 0. The highest BCUT2D eigenvalue weighted by Gasteiger charge is 2.23. The lowest BCUT2D eigenvalue weighted by molar-refractivity contribution is -0.121. The van der Waals surface area contributed by atoms with E-state index >= 15 is 0 Å². The van der Waals surface area contributed by atoms with Crippen molar-refractivity contribution in [2.24, 2.45) is 0 Å². The van der Waals surface area contributed by atoms with Crippen LogP contribution < -0.4 is 15.5 Å². The molecule has 0 aliphatic carbocycles. The molecule has 0 bridgehead atoms. The molecule has 0 spiro atoms. The number of nitrogens with one attached hydrogen (secondary N) is 2. The molecular formula is C21H22ClN3O3. The maximum absolute atomic E-state index is 12.1. The smallest absolute Gasteiger partial charge is 0.227 e. The molecule has 1 saturated heterocycles. The first-order valence-electron chi connectivity index (χ1n) is 9.23. The Kier molecular flexibility index (Phi) is 6.66. The van der Waals surface area contributed by atoms with Crippen LogP contribution in [0.5, 0.6) is 0 Å². The van der Waals surface area contributed by atoms with Gasteiger partial charge in [-0.15, -0.1) is 0 Å². The summed E-state index contributed by atoms with van der Waals surface area (Å²) in [7, 11) is 0. The van der Waals surface area contributed by atoms with E-state index in [1.807, 2.05) is 30.3 Å². The Labute approximate surface area is 168 Å². The van der Waals surface area contributed by atoms with E-state index in [0.29, 0.717) is 29.4 Å². The number of carbonyl (C=O) groups is 3. The summed E-state index contributed by atoms with van der Waals surface area (Å²) in [6, 6.07) is 14.5. The second-order valence-electron chi connectivity index (χ2n) is 6.63. The van der Waals surface area contributed by atoms with Gasteiger partial charge in [0.2, 0.25) is 17.7 Å². The Balaban J connectivity index is 1.45. The fourth-order valence-electron chi connectivity index (χ4n) is 3.09. The van der Waals surface area contributed by atoms with E-state index in [1.54, 1.807) is 23.1 Å². The van der Waals surface area contributed by atoms with Crippen molar-refractivity contribution in [1.82, 2.24) is 5.32 Å². The van der Waals surface area contributed by atoms with Crippen molar-refractivity contribution in [3.05, 3.63) is 59.1 Å². The van der Waals surface area contributed by atoms with E-state index in [1.165, 1.54) is 0 Å². The van der Waals surface area contributed by atoms with Crippen LogP contribution in [0.1, 0.15) is 24.8 Å². The molecule has 0 saturated carbocycles. The molecule has 3 amide bonds. The van der Waals surface area contributed by atoms with Crippen LogP contribution in [0.15, 0.2) is 48.5 Å². The molecule has 1 heterocycles. The van der Waals surface area contributed by atoms with Crippen molar-refractivity contribution >= 4 is 40.7 Å². The molecule has 6 nitrogen and oxygen atoms in total. The molecular weight excluding hydrogens is 378 g/mol. The molecule has 1 aliphatic heterocycles. The first-order valence-corrected chi connectivity index (χ1v) is 9.61. The molecule has 7 heteroatoms. The van der Waals surface area contributed by atoms with Crippen LogP contribution in [0.2, 0.25) is 5.02 Å². The van der Waals surface area contributed by atoms with Crippen molar-refractivity contribution in [3.8, 4) is 0 Å². The number of amides is 3. The molecule has 0 atom stereocenters. The van der Waals surface area contributed by atoms with Gasteiger partial charge in [0.1, 0.15) is 0 Å². The minimum absolute atomic E-state index is 0.0601. The van der Waals surface area contributed by atoms with Gasteiger partial charge in [0, 0.05) is 31.6 Å². The van der Waals surface area contributed by atoms with Crippen LogP contribution in [0, 0.1) is 0 Å². The second kappa shape index (κ2) is 9.37. The number of anilines is 2. The SMILES string of the molecule is O=C(Cc1ccccc1)NCCC(=O)Nc1ccc(N2CCCC2=O)c(Cl)c1. The molecule has 2 aromatic carbocycles. The van der Waals surface area contributed by atoms with Gasteiger partial charge in [0.15, 0.2) is 0 Å². The number of rotatable bonds is 7. The zero-order valence-corrected chi connectivity index (χ0v) is 16.2. The topological polar surface area (TPSA) is 78.5 Å². The van der Waals surface area contributed by atoms with Crippen molar-refractivity contribution in [3.63, 3.8) is 0 Å². The highest BCUT2D eigenvalue weighted by Crippen LogP contribution is 2.31. The molecule has 146 valence electrons. The number of carbonyl (C=O) groups excluding carboxylic acids is 3. The molecule has 2 aromatic rings. The van der Waals surface area contributed by atoms with Crippen LogP contribution in [0.3, 0.4) is 0 Å². The largest absolute Gasteiger partial charge is 0.355 e. The maximum Gasteiger partial charge on any atom is 0.227 e. The zero-order chi connectivity index (χ0) is 19.9. The molecule has 0 unspecified atom stereocenters. The monoisotopic (exact) mass is 399 g/mol. The first-order chi connectivity index (χ1) is 13.5. The van der Waals surface area contributed by atoms with E-state index < -0.39 is 0 Å². The third-order valence-electron chi connectivity index (χ3n) is 4.48. The summed E-state index contributed by atoms with van der Waals surface area (Å²) in [6.45, 7) is 0.915. The van der Waals surface area contributed by atoms with Gasteiger partial charge in [-0.05, 0) is 30.2 Å². The van der Waals surface area contributed by atoms with E-state index in [2.05, 4.69) is 10.6 Å². The van der Waals surface area contributed by atoms with Gasteiger partial charge in [-0.25, -0.2) is 0 Å². The number of hydrogen-bond acceptors (Lipinski definition) is 3. The Morgan fingerprint density at radius 3 is 2.54 bits per heavy atom. The number of hydrogen-bond donors (Lipinski definition) is 2. The molecule has 3 rings (SSSR count). The van der Waals surface area contributed by atoms with E-state index in [0.717, 1.165) is 12.0 Å². The highest BCUT2D eigenvalue weighted by molar-refractivity contribution is 6.34. The first kappa shape index (κ1) is 19.9. The van der Waals surface area contributed by atoms with Gasteiger partial charge in [-0.1, -0.05) is 41.9 Å². The van der Waals surface area contributed by atoms with Crippen LogP contribution in [0.4, 0.5) is 11.4 Å². The van der Waals surface area contributed by atoms with E-state index in [-0.39, 0.29) is 37.1 Å². The molecule has 28 heavy (non-hydrogen) atoms. The van der Waals surface area contributed by atoms with Gasteiger partial charge in [-0.3, -0.25) is 14.4 Å². The molecule has 0 aromatic heterocycles. The minimum atomic E-state index is -0.221. The number of nitrogens with zero attached hydrogens (tertiary/aromatic N) is 1. The van der Waals surface area contributed by atoms with Crippen LogP contribution in [-0.4, -0.2) is 30.8 Å². The van der Waals surface area contributed by atoms with Crippen LogP contribution >= 0.6 is 11.6 Å². The highest BCUT2D eigenvalue weighted by atomic mass is 35.5. The van der Waals surface area contributed by atoms with Crippen molar-refractivity contribution < 1.29 is 14.4 Å². The predicted molar refractivity (Wildman–Crippen MR) is 109 cm³/mol. The summed E-state index contributed by atoms with van der Waals surface area (Å²) in [5.74, 6) is -0.285. The molecule has 0 radical (unpaired) electrons. The average molecular weight is 400 g/mol. The number of benzene rings is 2. The lowest BCUT2D eigenvalue weighted by atomic mass is 10.1. The zero-order valence-electron chi connectivity index (χ0n) is 15.4. The van der Waals surface area contributed by atoms with Gasteiger partial charge in [0.05, 0.1) is 17.1 Å². The summed E-state index contributed by atoms with van der Waals surface area (Å²) >= 11 is 6.28. The van der Waals surface area contributed by atoms with Crippen molar-refractivity contribution in [1.29, 1.82) is 0 Å². The third-order valence-corrected chi connectivity index (χ3v) is 4.78. The van der Waals surface area contributed by atoms with Gasteiger partial charge < -0.3 is 15.5 Å². The van der Waals surface area contributed by atoms with Crippen LogP contribution in [-0.2, 0) is 20.8 Å². The summed E-state index contributed by atoms with van der Waals surface area (Å²) in [6.07, 6.45) is 1.80. The Morgan fingerprint density at radius 1 is 1.07 bits per heavy atom. The fraction of sp³-hybridized carbons (Fsp3) is 0.286. The third kappa shape index (κ3) is 5.33. The maximum atomic E-state index is 12.1. The Hall–Kier alpha value is -2.86. The number of halogens is 1. The summed E-state index contributed by atoms with van der Waals surface area (Å²) in [5.41, 5.74) is 2.15. The standard InChI is InChI=1S/C21H22ClN3O3/c22-17-14-16(8-9-18(17)25-12-4-7-21(25)28)24-19(26)10-11-23-20(27)13-15-5-2-1-3-6-15/h1-3,5-6,8-9,14H,4,7,10-13H2,(H,23,27)(H,24,26). The van der Waals surface area contributed by atoms with Gasteiger partial charge in [0.25, 0.3) is 0 Å². The normalized spacial score (nSPS) is 13.5. The van der Waals surface area contributed by atoms with Gasteiger partial charge in [-0.2, -0.15) is 0 Å². The average Bonchev–Trinajstić information content (AvgIpc) is 3.08. The Morgan fingerprint density at radius 2 is 1.86 bits per heavy atom. The predicted octanol–water partition coefficient (Wildman–Crippen LogP) is 3.15. The van der Waals surface area contributed by atoms with Crippen molar-refractivity contribution in [2.45, 2.75) is 25.7 Å².